The molecule has 2 nitrogen and oxygen atoms in total. The highest BCUT2D eigenvalue weighted by atomic mass is 79.9. The van der Waals surface area contributed by atoms with E-state index in [1.165, 1.54) is 0 Å². The minimum atomic E-state index is -0.135. The van der Waals surface area contributed by atoms with Gasteiger partial charge in [0.25, 0.3) is 0 Å². The number of para-hydroxylation sites is 1. The van der Waals surface area contributed by atoms with E-state index in [1.807, 2.05) is 24.3 Å². The first kappa shape index (κ1) is 9.03. The molecule has 0 radical (unpaired) electrons. The van der Waals surface area contributed by atoms with Crippen LogP contribution in [0.25, 0.3) is 0 Å². The molecule has 0 spiro atoms. The first-order valence-electron chi connectivity index (χ1n) is 4.21. The van der Waals surface area contributed by atoms with Crippen LogP contribution in [0.2, 0.25) is 0 Å². The molecule has 3 heteroatoms. The van der Waals surface area contributed by atoms with Crippen molar-refractivity contribution in [3.05, 3.63) is 28.7 Å². The van der Waals surface area contributed by atoms with Crippen molar-refractivity contribution in [3.8, 4) is 5.75 Å². The highest BCUT2D eigenvalue weighted by Gasteiger charge is 2.36. The molecule has 0 bridgehead atoms. The number of ether oxygens (including phenoxy) is 2. The molecule has 2 rings (SSSR count). The molecule has 0 saturated carbocycles. The van der Waals surface area contributed by atoms with Crippen LogP contribution in [-0.4, -0.2) is 18.8 Å². The molecule has 1 aliphatic rings. The van der Waals surface area contributed by atoms with Gasteiger partial charge in [0.1, 0.15) is 5.75 Å². The predicted molar refractivity (Wildman–Crippen MR) is 54.0 cm³/mol. The second-order valence-corrected chi connectivity index (χ2v) is 4.33. The van der Waals surface area contributed by atoms with Gasteiger partial charge in [-0.3, -0.25) is 0 Å². The van der Waals surface area contributed by atoms with E-state index in [9.17, 15) is 0 Å². The first-order valence-corrected chi connectivity index (χ1v) is 5.00. The highest BCUT2D eigenvalue weighted by molar-refractivity contribution is 9.10. The summed E-state index contributed by atoms with van der Waals surface area (Å²) in [5, 5.41) is 0. The third-order valence-corrected chi connectivity index (χ3v) is 2.66. The van der Waals surface area contributed by atoms with E-state index in [1.54, 1.807) is 0 Å². The minimum absolute atomic E-state index is 0.135. The average Bonchev–Trinajstić information content (AvgIpc) is 2.06. The predicted octanol–water partition coefficient (Wildman–Crippen LogP) is 2.62. The van der Waals surface area contributed by atoms with E-state index in [0.29, 0.717) is 13.2 Å². The van der Waals surface area contributed by atoms with Gasteiger partial charge in [-0.2, -0.15) is 0 Å². The van der Waals surface area contributed by atoms with Crippen molar-refractivity contribution in [3.63, 3.8) is 0 Å². The van der Waals surface area contributed by atoms with E-state index < -0.39 is 0 Å². The van der Waals surface area contributed by atoms with Gasteiger partial charge in [0.2, 0.25) is 0 Å². The Bertz CT molecular complexity index is 308. The largest absolute Gasteiger partial charge is 0.482 e. The summed E-state index contributed by atoms with van der Waals surface area (Å²) in [5.41, 5.74) is -0.135. The van der Waals surface area contributed by atoms with Crippen molar-refractivity contribution < 1.29 is 9.47 Å². The molecular weight excluding hydrogens is 232 g/mol. The normalized spacial score (nSPS) is 19.2. The van der Waals surface area contributed by atoms with Crippen LogP contribution in [0.15, 0.2) is 28.7 Å². The zero-order valence-corrected chi connectivity index (χ0v) is 9.00. The van der Waals surface area contributed by atoms with E-state index in [4.69, 9.17) is 9.47 Å². The third-order valence-electron chi connectivity index (χ3n) is 2.01. The maximum absolute atomic E-state index is 5.80. The summed E-state index contributed by atoms with van der Waals surface area (Å²) < 4.78 is 11.9. The van der Waals surface area contributed by atoms with Crippen LogP contribution in [0.1, 0.15) is 6.92 Å². The standard InChI is InChI=1S/C10H11BrO2/c1-10(6-12-7-10)13-9-5-3-2-4-8(9)11/h2-5H,6-7H2,1H3. The Kier molecular flexibility index (Phi) is 2.30. The van der Waals surface area contributed by atoms with Gasteiger partial charge in [0.05, 0.1) is 17.7 Å². The Morgan fingerprint density at radius 3 is 2.62 bits per heavy atom. The van der Waals surface area contributed by atoms with Gasteiger partial charge in [0.15, 0.2) is 5.60 Å². The molecule has 13 heavy (non-hydrogen) atoms. The van der Waals surface area contributed by atoms with Gasteiger partial charge < -0.3 is 9.47 Å². The molecule has 1 heterocycles. The first-order chi connectivity index (χ1) is 6.20. The second kappa shape index (κ2) is 3.31. The quantitative estimate of drug-likeness (QED) is 0.794. The van der Waals surface area contributed by atoms with Crippen molar-refractivity contribution in [2.75, 3.05) is 13.2 Å². The van der Waals surface area contributed by atoms with Crippen LogP contribution in [0.5, 0.6) is 5.75 Å². The fourth-order valence-corrected chi connectivity index (χ4v) is 1.61. The van der Waals surface area contributed by atoms with Crippen LogP contribution in [0.3, 0.4) is 0 Å². The molecule has 0 aliphatic carbocycles. The van der Waals surface area contributed by atoms with Gasteiger partial charge >= 0.3 is 0 Å². The van der Waals surface area contributed by atoms with Crippen LogP contribution in [0, 0.1) is 0 Å². The van der Waals surface area contributed by atoms with Gasteiger partial charge in [0, 0.05) is 0 Å². The Hall–Kier alpha value is -0.540. The molecule has 1 fully saturated rings. The summed E-state index contributed by atoms with van der Waals surface area (Å²) in [6.07, 6.45) is 0. The average molecular weight is 243 g/mol. The maximum Gasteiger partial charge on any atom is 0.153 e. The molecule has 1 saturated heterocycles. The topological polar surface area (TPSA) is 18.5 Å². The summed E-state index contributed by atoms with van der Waals surface area (Å²) in [5.74, 6) is 0.883. The van der Waals surface area contributed by atoms with Gasteiger partial charge in [-0.1, -0.05) is 12.1 Å². The lowest BCUT2D eigenvalue weighted by Crippen LogP contribution is -2.51. The fraction of sp³-hybridized carbons (Fsp3) is 0.400. The lowest BCUT2D eigenvalue weighted by Gasteiger charge is -2.38. The van der Waals surface area contributed by atoms with Crippen molar-refractivity contribution >= 4 is 15.9 Å². The molecule has 0 unspecified atom stereocenters. The molecule has 70 valence electrons. The summed E-state index contributed by atoms with van der Waals surface area (Å²) >= 11 is 3.44. The number of hydrogen-bond acceptors (Lipinski definition) is 2. The molecule has 0 atom stereocenters. The smallest absolute Gasteiger partial charge is 0.153 e. The second-order valence-electron chi connectivity index (χ2n) is 3.48. The Morgan fingerprint density at radius 1 is 1.38 bits per heavy atom. The Morgan fingerprint density at radius 2 is 2.08 bits per heavy atom. The van der Waals surface area contributed by atoms with Crippen molar-refractivity contribution in [2.45, 2.75) is 12.5 Å². The number of halogens is 1. The van der Waals surface area contributed by atoms with Crippen molar-refractivity contribution in [2.24, 2.45) is 0 Å². The molecule has 1 aromatic rings. The van der Waals surface area contributed by atoms with Crippen molar-refractivity contribution in [1.29, 1.82) is 0 Å². The monoisotopic (exact) mass is 242 g/mol. The van der Waals surface area contributed by atoms with E-state index in [0.717, 1.165) is 10.2 Å². The minimum Gasteiger partial charge on any atom is -0.482 e. The molecule has 1 aliphatic heterocycles. The third kappa shape index (κ3) is 1.86. The number of rotatable bonds is 2. The fourth-order valence-electron chi connectivity index (χ4n) is 1.24. The van der Waals surface area contributed by atoms with Gasteiger partial charge in [-0.25, -0.2) is 0 Å². The van der Waals surface area contributed by atoms with Crippen molar-refractivity contribution in [1.82, 2.24) is 0 Å². The van der Waals surface area contributed by atoms with E-state index in [2.05, 4.69) is 22.9 Å². The van der Waals surface area contributed by atoms with E-state index in [-0.39, 0.29) is 5.60 Å². The highest BCUT2D eigenvalue weighted by Crippen LogP contribution is 2.30. The van der Waals surface area contributed by atoms with Gasteiger partial charge in [-0.05, 0) is 35.0 Å². The molecule has 1 aromatic carbocycles. The molecule has 0 aromatic heterocycles. The molecular formula is C10H11BrO2. The van der Waals surface area contributed by atoms with Crippen LogP contribution >= 0.6 is 15.9 Å². The van der Waals surface area contributed by atoms with Crippen LogP contribution in [-0.2, 0) is 4.74 Å². The Balaban J connectivity index is 2.13. The summed E-state index contributed by atoms with van der Waals surface area (Å²) in [6, 6.07) is 7.85. The lowest BCUT2D eigenvalue weighted by atomic mass is 10.1. The maximum atomic E-state index is 5.80. The summed E-state index contributed by atoms with van der Waals surface area (Å²) in [6.45, 7) is 3.40. The van der Waals surface area contributed by atoms with Crippen LogP contribution < -0.4 is 4.74 Å². The van der Waals surface area contributed by atoms with Gasteiger partial charge in [-0.15, -0.1) is 0 Å². The lowest BCUT2D eigenvalue weighted by molar-refractivity contribution is -0.150. The molecule has 0 amide bonds. The zero-order valence-electron chi connectivity index (χ0n) is 7.42. The summed E-state index contributed by atoms with van der Waals surface area (Å²) in [4.78, 5) is 0. The zero-order chi connectivity index (χ0) is 9.31. The van der Waals surface area contributed by atoms with E-state index >= 15 is 0 Å². The Labute approximate surface area is 86.0 Å². The SMILES string of the molecule is CC1(Oc2ccccc2Br)COC1. The number of benzene rings is 1. The van der Waals surface area contributed by atoms with Crippen LogP contribution in [0.4, 0.5) is 0 Å². The number of hydrogen-bond donors (Lipinski definition) is 0. The molecule has 0 N–H and O–H groups in total. The summed E-state index contributed by atoms with van der Waals surface area (Å²) in [7, 11) is 0.